The number of piperidine rings is 1. The molecule has 2 atom stereocenters. The fourth-order valence-electron chi connectivity index (χ4n) is 3.17. The summed E-state index contributed by atoms with van der Waals surface area (Å²) in [4.78, 5) is 16.1. The van der Waals surface area contributed by atoms with E-state index >= 15 is 0 Å². The quantitative estimate of drug-likeness (QED) is 0.804. The zero-order valence-corrected chi connectivity index (χ0v) is 15.4. The molecule has 0 bridgehead atoms. The van der Waals surface area contributed by atoms with E-state index in [1.165, 1.54) is 17.7 Å². The molecule has 0 aliphatic carbocycles. The molecule has 1 amide bonds. The van der Waals surface area contributed by atoms with Gasteiger partial charge in [-0.05, 0) is 55.6 Å². The zero-order chi connectivity index (χ0) is 16.8. The number of thiophene rings is 1. The Morgan fingerprint density at radius 1 is 1.43 bits per heavy atom. The lowest BCUT2D eigenvalue weighted by Gasteiger charge is -2.36. The minimum absolute atomic E-state index is 0.0226. The van der Waals surface area contributed by atoms with Crippen LogP contribution in [0, 0.1) is 11.8 Å². The van der Waals surface area contributed by atoms with E-state index in [-0.39, 0.29) is 11.9 Å². The molecule has 1 unspecified atom stereocenters. The third-order valence-corrected chi connectivity index (χ3v) is 5.64. The highest BCUT2D eigenvalue weighted by molar-refractivity contribution is 7.10. The van der Waals surface area contributed by atoms with Gasteiger partial charge in [0.15, 0.2) is 0 Å². The van der Waals surface area contributed by atoms with Crippen LogP contribution in [0.5, 0.6) is 0 Å². The van der Waals surface area contributed by atoms with Crippen molar-refractivity contribution in [3.63, 3.8) is 0 Å². The monoisotopic (exact) mass is 337 g/mol. The molecule has 2 rings (SSSR count). The Hall–Kier alpha value is -0.910. The second kappa shape index (κ2) is 8.81. The Labute approximate surface area is 144 Å². The van der Waals surface area contributed by atoms with Crippen LogP contribution < -0.4 is 11.1 Å². The van der Waals surface area contributed by atoms with Crippen LogP contribution in [0.1, 0.15) is 51.0 Å². The molecule has 0 radical (unpaired) electrons. The van der Waals surface area contributed by atoms with Gasteiger partial charge in [0.05, 0.1) is 12.1 Å². The van der Waals surface area contributed by atoms with Crippen LogP contribution >= 0.6 is 11.3 Å². The van der Waals surface area contributed by atoms with Crippen molar-refractivity contribution in [2.24, 2.45) is 17.6 Å². The van der Waals surface area contributed by atoms with Gasteiger partial charge in [-0.3, -0.25) is 9.69 Å². The van der Waals surface area contributed by atoms with E-state index in [4.69, 9.17) is 5.73 Å². The standard InChI is InChI=1S/C18H31N3OS/c1-13(2)11-15(19)18(22)20-12-16(17-5-4-10-23-17)21-8-6-14(3)7-9-21/h4-5,10,13-16H,6-9,11-12,19H2,1-3H3,(H,20,22)/t15-,16?/m0/s1. The van der Waals surface area contributed by atoms with Crippen LogP contribution in [-0.4, -0.2) is 36.5 Å². The number of rotatable bonds is 7. The third kappa shape index (κ3) is 5.59. The summed E-state index contributed by atoms with van der Waals surface area (Å²) < 4.78 is 0. The van der Waals surface area contributed by atoms with Gasteiger partial charge in [-0.2, -0.15) is 0 Å². The molecule has 23 heavy (non-hydrogen) atoms. The molecule has 1 aliphatic heterocycles. The summed E-state index contributed by atoms with van der Waals surface area (Å²) >= 11 is 1.77. The lowest BCUT2D eigenvalue weighted by Crippen LogP contribution is -2.46. The number of amides is 1. The van der Waals surface area contributed by atoms with E-state index in [1.54, 1.807) is 11.3 Å². The van der Waals surface area contributed by atoms with Crippen LogP contribution in [0.25, 0.3) is 0 Å². The highest BCUT2D eigenvalue weighted by Crippen LogP contribution is 2.29. The number of nitrogens with two attached hydrogens (primary N) is 1. The molecule has 0 aromatic carbocycles. The second-order valence-electron chi connectivity index (χ2n) is 7.23. The topological polar surface area (TPSA) is 58.4 Å². The van der Waals surface area contributed by atoms with E-state index in [0.29, 0.717) is 12.5 Å². The van der Waals surface area contributed by atoms with E-state index < -0.39 is 6.04 Å². The summed E-state index contributed by atoms with van der Waals surface area (Å²) in [5.74, 6) is 1.22. The Balaban J connectivity index is 1.94. The summed E-state index contributed by atoms with van der Waals surface area (Å²) in [7, 11) is 0. The van der Waals surface area contributed by atoms with Gasteiger partial charge in [0.2, 0.25) is 5.91 Å². The number of likely N-dealkylation sites (tertiary alicyclic amines) is 1. The van der Waals surface area contributed by atoms with Gasteiger partial charge in [-0.1, -0.05) is 26.8 Å². The van der Waals surface area contributed by atoms with Gasteiger partial charge >= 0.3 is 0 Å². The van der Waals surface area contributed by atoms with Crippen molar-refractivity contribution in [2.45, 2.75) is 52.1 Å². The van der Waals surface area contributed by atoms with Gasteiger partial charge in [0.25, 0.3) is 0 Å². The molecule has 1 aliphatic rings. The van der Waals surface area contributed by atoms with E-state index in [1.807, 2.05) is 0 Å². The zero-order valence-electron chi connectivity index (χ0n) is 14.6. The van der Waals surface area contributed by atoms with Crippen molar-refractivity contribution < 1.29 is 4.79 Å². The largest absolute Gasteiger partial charge is 0.353 e. The van der Waals surface area contributed by atoms with Crippen molar-refractivity contribution >= 4 is 17.2 Å². The van der Waals surface area contributed by atoms with Gasteiger partial charge in [0.1, 0.15) is 0 Å². The first kappa shape index (κ1) is 18.4. The molecule has 0 saturated carbocycles. The molecule has 4 nitrogen and oxygen atoms in total. The number of hydrogen-bond acceptors (Lipinski definition) is 4. The molecule has 1 aromatic rings. The van der Waals surface area contributed by atoms with Gasteiger partial charge in [-0.15, -0.1) is 11.3 Å². The maximum Gasteiger partial charge on any atom is 0.236 e. The Kier molecular flexibility index (Phi) is 7.06. The van der Waals surface area contributed by atoms with Crippen LogP contribution in [0.4, 0.5) is 0 Å². The Bertz CT molecular complexity index is 467. The van der Waals surface area contributed by atoms with Gasteiger partial charge in [-0.25, -0.2) is 0 Å². The van der Waals surface area contributed by atoms with Crippen LogP contribution in [0.3, 0.4) is 0 Å². The van der Waals surface area contributed by atoms with Crippen molar-refractivity contribution in [3.8, 4) is 0 Å². The average Bonchev–Trinajstić information content (AvgIpc) is 3.02. The lowest BCUT2D eigenvalue weighted by atomic mass is 9.97. The summed E-state index contributed by atoms with van der Waals surface area (Å²) in [6, 6.07) is 4.14. The molecule has 0 spiro atoms. The third-order valence-electron chi connectivity index (χ3n) is 4.66. The van der Waals surface area contributed by atoms with Crippen molar-refractivity contribution in [1.82, 2.24) is 10.2 Å². The lowest BCUT2D eigenvalue weighted by molar-refractivity contribution is -0.123. The maximum absolute atomic E-state index is 12.2. The molecule has 5 heteroatoms. The molecule has 130 valence electrons. The number of nitrogens with zero attached hydrogens (tertiary/aromatic N) is 1. The summed E-state index contributed by atoms with van der Waals surface area (Å²) in [6.45, 7) is 9.38. The first-order chi connectivity index (χ1) is 11.0. The highest BCUT2D eigenvalue weighted by atomic mass is 32.1. The Morgan fingerprint density at radius 2 is 2.13 bits per heavy atom. The van der Waals surface area contributed by atoms with E-state index in [0.717, 1.165) is 25.4 Å². The smallest absolute Gasteiger partial charge is 0.236 e. The van der Waals surface area contributed by atoms with Crippen molar-refractivity contribution in [1.29, 1.82) is 0 Å². The summed E-state index contributed by atoms with van der Waals surface area (Å²) in [5, 5.41) is 5.20. The maximum atomic E-state index is 12.2. The normalized spacial score (nSPS) is 19.7. The number of carbonyl (C=O) groups excluding carboxylic acids is 1. The van der Waals surface area contributed by atoms with Gasteiger partial charge < -0.3 is 11.1 Å². The average molecular weight is 338 g/mol. The molecule has 1 aromatic heterocycles. The number of nitrogens with one attached hydrogen (secondary N) is 1. The van der Waals surface area contributed by atoms with Crippen LogP contribution in [-0.2, 0) is 4.79 Å². The first-order valence-corrected chi connectivity index (χ1v) is 9.66. The first-order valence-electron chi connectivity index (χ1n) is 8.78. The molecule has 3 N–H and O–H groups in total. The predicted octanol–water partition coefficient (Wildman–Crippen LogP) is 3.01. The molecular formula is C18H31N3OS. The molecule has 1 fully saturated rings. The minimum atomic E-state index is -0.402. The number of carbonyl (C=O) groups is 1. The fraction of sp³-hybridized carbons (Fsp3) is 0.722. The van der Waals surface area contributed by atoms with Crippen molar-refractivity contribution in [3.05, 3.63) is 22.4 Å². The summed E-state index contributed by atoms with van der Waals surface area (Å²) in [5.41, 5.74) is 6.00. The Morgan fingerprint density at radius 3 is 2.70 bits per heavy atom. The van der Waals surface area contributed by atoms with E-state index in [9.17, 15) is 4.79 Å². The highest BCUT2D eigenvalue weighted by Gasteiger charge is 2.26. The van der Waals surface area contributed by atoms with Gasteiger partial charge in [0, 0.05) is 11.4 Å². The summed E-state index contributed by atoms with van der Waals surface area (Å²) in [6.07, 6.45) is 3.21. The van der Waals surface area contributed by atoms with Crippen molar-refractivity contribution in [2.75, 3.05) is 19.6 Å². The second-order valence-corrected chi connectivity index (χ2v) is 8.21. The SMILES string of the molecule is CC(C)C[C@H](N)C(=O)NCC(c1cccs1)N1CCC(C)CC1. The number of hydrogen-bond donors (Lipinski definition) is 2. The molecular weight excluding hydrogens is 306 g/mol. The van der Waals surface area contributed by atoms with Crippen LogP contribution in [0.2, 0.25) is 0 Å². The molecule has 1 saturated heterocycles. The fourth-order valence-corrected chi connectivity index (χ4v) is 4.03. The predicted molar refractivity (Wildman–Crippen MR) is 97.5 cm³/mol. The minimum Gasteiger partial charge on any atom is -0.353 e. The van der Waals surface area contributed by atoms with E-state index in [2.05, 4.69) is 48.5 Å². The van der Waals surface area contributed by atoms with Crippen LogP contribution in [0.15, 0.2) is 17.5 Å². The molecule has 2 heterocycles.